The molecule has 0 bridgehead atoms. The van der Waals surface area contributed by atoms with Crippen molar-refractivity contribution in [3.8, 4) is 11.1 Å². The van der Waals surface area contributed by atoms with E-state index in [1.165, 1.54) is 46.2 Å². The number of thiophene rings is 1. The van der Waals surface area contributed by atoms with E-state index in [4.69, 9.17) is 0 Å². The second kappa shape index (κ2) is 7.34. The van der Waals surface area contributed by atoms with Gasteiger partial charge in [-0.05, 0) is 29.8 Å². The van der Waals surface area contributed by atoms with Crippen LogP contribution in [0.25, 0.3) is 32.2 Å². The van der Waals surface area contributed by atoms with E-state index in [9.17, 15) is 9.18 Å². The van der Waals surface area contributed by atoms with Gasteiger partial charge >= 0.3 is 0 Å². The average Bonchev–Trinajstić information content (AvgIpc) is 3.19. The summed E-state index contributed by atoms with van der Waals surface area (Å²) in [5.74, 6) is -0.0185. The first-order valence-electron chi connectivity index (χ1n) is 8.64. The smallest absolute Gasteiger partial charge is 0.267 e. The van der Waals surface area contributed by atoms with Gasteiger partial charge < -0.3 is 0 Å². The van der Waals surface area contributed by atoms with E-state index in [2.05, 4.69) is 20.3 Å². The minimum atomic E-state index is -0.284. The van der Waals surface area contributed by atoms with Gasteiger partial charge in [-0.3, -0.25) is 4.79 Å². The molecule has 0 saturated carbocycles. The third-order valence-corrected chi connectivity index (χ3v) is 6.29. The van der Waals surface area contributed by atoms with Gasteiger partial charge in [-0.25, -0.2) is 14.4 Å². The number of thioether (sulfide) groups is 1. The number of hydrogen-bond acceptors (Lipinski definition) is 7. The fourth-order valence-corrected chi connectivity index (χ4v) is 4.90. The van der Waals surface area contributed by atoms with Crippen LogP contribution in [0.5, 0.6) is 0 Å². The van der Waals surface area contributed by atoms with Crippen LogP contribution >= 0.6 is 23.1 Å². The summed E-state index contributed by atoms with van der Waals surface area (Å²) in [6, 6.07) is 13.4. The number of rotatable bonds is 4. The Morgan fingerprint density at radius 1 is 1.07 bits per heavy atom. The quantitative estimate of drug-likeness (QED) is 0.317. The molecule has 5 rings (SSSR count). The molecule has 3 heterocycles. The summed E-state index contributed by atoms with van der Waals surface area (Å²) in [7, 11) is 0. The summed E-state index contributed by atoms with van der Waals surface area (Å²) in [6.45, 7) is 0. The first-order chi connectivity index (χ1) is 14.2. The van der Waals surface area contributed by atoms with Crippen LogP contribution < -0.4 is 5.56 Å². The van der Waals surface area contributed by atoms with Crippen LogP contribution in [0.4, 0.5) is 4.39 Å². The Kier molecular flexibility index (Phi) is 4.53. The van der Waals surface area contributed by atoms with Gasteiger partial charge in [0.2, 0.25) is 0 Å². The van der Waals surface area contributed by atoms with Crippen LogP contribution in [0.3, 0.4) is 0 Å². The molecular weight excluding hydrogens is 409 g/mol. The van der Waals surface area contributed by atoms with E-state index in [1.54, 1.807) is 30.3 Å². The van der Waals surface area contributed by atoms with Gasteiger partial charge in [0.1, 0.15) is 27.5 Å². The fourth-order valence-electron chi connectivity index (χ4n) is 3.03. The van der Waals surface area contributed by atoms with Crippen LogP contribution in [0, 0.1) is 5.82 Å². The van der Waals surface area contributed by atoms with Gasteiger partial charge in [0.25, 0.3) is 5.56 Å². The Bertz CT molecular complexity index is 1400. The van der Waals surface area contributed by atoms with Crippen LogP contribution in [0.1, 0.15) is 0 Å². The summed E-state index contributed by atoms with van der Waals surface area (Å²) in [6.07, 6.45) is 1.50. The van der Waals surface area contributed by atoms with Gasteiger partial charge in [0.05, 0.1) is 16.6 Å². The Morgan fingerprint density at radius 3 is 2.76 bits per heavy atom. The van der Waals surface area contributed by atoms with Crippen LogP contribution in [0.15, 0.2) is 70.1 Å². The maximum Gasteiger partial charge on any atom is 0.278 e. The van der Waals surface area contributed by atoms with E-state index in [0.717, 1.165) is 26.4 Å². The minimum Gasteiger partial charge on any atom is -0.267 e. The zero-order valence-corrected chi connectivity index (χ0v) is 16.5. The van der Waals surface area contributed by atoms with Crippen molar-refractivity contribution in [1.82, 2.24) is 25.0 Å². The number of hydrogen-bond donors (Lipinski definition) is 0. The molecule has 0 unspecified atom stereocenters. The summed E-state index contributed by atoms with van der Waals surface area (Å²) < 4.78 is 14.6. The molecule has 0 aliphatic carbocycles. The molecule has 9 heteroatoms. The lowest BCUT2D eigenvalue weighted by Gasteiger charge is -2.07. The Morgan fingerprint density at radius 2 is 1.90 bits per heavy atom. The van der Waals surface area contributed by atoms with Crippen LogP contribution in [-0.2, 0) is 5.88 Å². The van der Waals surface area contributed by atoms with Gasteiger partial charge in [-0.15, -0.1) is 16.4 Å². The van der Waals surface area contributed by atoms with Crippen molar-refractivity contribution in [2.24, 2.45) is 0 Å². The van der Waals surface area contributed by atoms with E-state index >= 15 is 0 Å². The third-order valence-electron chi connectivity index (χ3n) is 4.44. The third kappa shape index (κ3) is 3.28. The predicted molar refractivity (Wildman–Crippen MR) is 112 cm³/mol. The maximum absolute atomic E-state index is 13.3. The number of benzene rings is 2. The summed E-state index contributed by atoms with van der Waals surface area (Å²) >= 11 is 2.88. The van der Waals surface area contributed by atoms with Gasteiger partial charge in [-0.1, -0.05) is 41.2 Å². The largest absolute Gasteiger partial charge is 0.278 e. The highest BCUT2D eigenvalue weighted by Gasteiger charge is 2.14. The number of fused-ring (bicyclic) bond motifs is 2. The zero-order valence-electron chi connectivity index (χ0n) is 14.8. The molecule has 0 aliphatic heterocycles. The molecule has 0 aliphatic rings. The number of aromatic nitrogens is 5. The van der Waals surface area contributed by atoms with Crippen molar-refractivity contribution in [1.29, 1.82) is 0 Å². The number of nitrogens with zero attached hydrogens (tertiary/aromatic N) is 5. The standard InChI is InChI=1S/C20H12FN5OS2/c21-13-7-5-12(6-8-13)15-9-28-18-17(15)19(23-10-22-18)29-11-26-20(27)14-3-1-2-4-16(14)24-25-26/h1-10H,11H2. The van der Waals surface area contributed by atoms with Crippen molar-refractivity contribution in [3.63, 3.8) is 0 Å². The second-order valence-corrected chi connectivity index (χ2v) is 7.99. The van der Waals surface area contributed by atoms with E-state index in [1.807, 2.05) is 11.4 Å². The first-order valence-corrected chi connectivity index (χ1v) is 10.5. The maximum atomic E-state index is 13.3. The molecule has 29 heavy (non-hydrogen) atoms. The molecular formula is C20H12FN5OS2. The Balaban J connectivity index is 1.53. The first kappa shape index (κ1) is 17.9. The molecule has 0 spiro atoms. The van der Waals surface area contributed by atoms with Gasteiger partial charge in [-0.2, -0.15) is 4.68 Å². The molecule has 2 aromatic carbocycles. The molecule has 3 aromatic heterocycles. The lowest BCUT2D eigenvalue weighted by molar-refractivity contribution is 0.628. The number of halogens is 1. The topological polar surface area (TPSA) is 73.6 Å². The van der Waals surface area contributed by atoms with Crippen molar-refractivity contribution < 1.29 is 4.39 Å². The van der Waals surface area contributed by atoms with Gasteiger partial charge in [0, 0.05) is 10.9 Å². The van der Waals surface area contributed by atoms with E-state index in [-0.39, 0.29) is 17.3 Å². The molecule has 5 aromatic rings. The Hall–Kier alpha value is -3.17. The van der Waals surface area contributed by atoms with Crippen molar-refractivity contribution >= 4 is 44.2 Å². The monoisotopic (exact) mass is 421 g/mol. The van der Waals surface area contributed by atoms with E-state index < -0.39 is 0 Å². The Labute approximate surface area is 172 Å². The SMILES string of the molecule is O=c1c2ccccc2nnn1CSc1ncnc2scc(-c3ccc(F)cc3)c12. The average molecular weight is 421 g/mol. The molecule has 142 valence electrons. The highest BCUT2D eigenvalue weighted by atomic mass is 32.2. The normalized spacial score (nSPS) is 11.3. The summed E-state index contributed by atoms with van der Waals surface area (Å²) in [4.78, 5) is 22.3. The lowest BCUT2D eigenvalue weighted by Crippen LogP contribution is -2.23. The van der Waals surface area contributed by atoms with Crippen molar-refractivity contribution in [3.05, 3.63) is 76.4 Å². The fraction of sp³-hybridized carbons (Fsp3) is 0.0500. The zero-order chi connectivity index (χ0) is 19.8. The predicted octanol–water partition coefficient (Wildman–Crippen LogP) is 4.35. The van der Waals surface area contributed by atoms with Crippen LogP contribution in [-0.4, -0.2) is 25.0 Å². The molecule has 0 amide bonds. The summed E-state index contributed by atoms with van der Waals surface area (Å²) in [5.41, 5.74) is 2.19. The van der Waals surface area contributed by atoms with Crippen LogP contribution in [0.2, 0.25) is 0 Å². The second-order valence-electron chi connectivity index (χ2n) is 6.20. The minimum absolute atomic E-state index is 0.197. The van der Waals surface area contributed by atoms with Gasteiger partial charge in [0.15, 0.2) is 0 Å². The molecule has 0 saturated heterocycles. The highest BCUT2D eigenvalue weighted by molar-refractivity contribution is 7.98. The molecule has 0 atom stereocenters. The highest BCUT2D eigenvalue weighted by Crippen LogP contribution is 2.38. The molecule has 0 radical (unpaired) electrons. The van der Waals surface area contributed by atoms with E-state index in [0.29, 0.717) is 10.9 Å². The molecule has 0 N–H and O–H groups in total. The molecule has 6 nitrogen and oxygen atoms in total. The van der Waals surface area contributed by atoms with Crippen molar-refractivity contribution in [2.75, 3.05) is 0 Å². The molecule has 0 fully saturated rings. The summed E-state index contributed by atoms with van der Waals surface area (Å²) in [5, 5.41) is 12.3. The lowest BCUT2D eigenvalue weighted by atomic mass is 10.1. The van der Waals surface area contributed by atoms with Crippen molar-refractivity contribution in [2.45, 2.75) is 10.9 Å².